The average molecular weight is 405 g/mol. The number of para-hydroxylation sites is 1. The molecule has 156 valence electrons. The van der Waals surface area contributed by atoms with E-state index in [1.807, 2.05) is 18.2 Å². The number of piperidine rings is 1. The summed E-state index contributed by atoms with van der Waals surface area (Å²) >= 11 is 0. The third-order valence-corrected chi connectivity index (χ3v) is 5.76. The number of aromatic nitrogens is 3. The lowest BCUT2D eigenvalue weighted by atomic mass is 9.90. The van der Waals surface area contributed by atoms with Crippen LogP contribution in [-0.4, -0.2) is 38.9 Å². The molecule has 1 aromatic heterocycles. The molecule has 6 heteroatoms. The van der Waals surface area contributed by atoms with Crippen LogP contribution in [0.2, 0.25) is 0 Å². The Bertz CT molecular complexity index is 961. The number of nitrogens with zero attached hydrogens (tertiary/aromatic N) is 3. The van der Waals surface area contributed by atoms with Crippen LogP contribution in [0, 0.1) is 0 Å². The van der Waals surface area contributed by atoms with E-state index in [1.165, 1.54) is 18.4 Å². The van der Waals surface area contributed by atoms with Gasteiger partial charge >= 0.3 is 5.97 Å². The van der Waals surface area contributed by atoms with Crippen LogP contribution in [0.15, 0.2) is 54.6 Å². The summed E-state index contributed by atoms with van der Waals surface area (Å²) in [5.41, 5.74) is 3.45. The van der Waals surface area contributed by atoms with Crippen molar-refractivity contribution in [3.05, 3.63) is 66.0 Å². The number of nitrogens with one attached hydrogen (secondary N) is 1. The molecule has 4 rings (SSSR count). The molecule has 0 radical (unpaired) electrons. The van der Waals surface area contributed by atoms with Gasteiger partial charge in [0.25, 0.3) is 0 Å². The fourth-order valence-electron chi connectivity index (χ4n) is 4.13. The van der Waals surface area contributed by atoms with Gasteiger partial charge < -0.3 is 10.4 Å². The van der Waals surface area contributed by atoms with Crippen molar-refractivity contribution in [1.82, 2.24) is 20.1 Å². The highest BCUT2D eigenvalue weighted by atomic mass is 16.4. The molecule has 6 nitrogen and oxygen atoms in total. The van der Waals surface area contributed by atoms with Crippen LogP contribution in [0.4, 0.5) is 0 Å². The number of hydrogen-bond acceptors (Lipinski definition) is 4. The second-order valence-electron chi connectivity index (χ2n) is 7.86. The van der Waals surface area contributed by atoms with Crippen molar-refractivity contribution < 1.29 is 9.90 Å². The molecule has 1 fully saturated rings. The van der Waals surface area contributed by atoms with Gasteiger partial charge in [-0.25, -0.2) is 0 Å². The Hall–Kier alpha value is -2.99. The van der Waals surface area contributed by atoms with Gasteiger partial charge in [0.1, 0.15) is 5.82 Å². The predicted octanol–water partition coefficient (Wildman–Crippen LogP) is 4.20. The summed E-state index contributed by atoms with van der Waals surface area (Å²) in [6.07, 6.45) is 4.65. The summed E-state index contributed by atoms with van der Waals surface area (Å²) in [5, 5.41) is 21.3. The number of aliphatic carboxylic acids is 1. The summed E-state index contributed by atoms with van der Waals surface area (Å²) in [4.78, 5) is 10.8. The van der Waals surface area contributed by atoms with Crippen LogP contribution in [-0.2, 0) is 11.2 Å². The van der Waals surface area contributed by atoms with Crippen LogP contribution in [0.3, 0.4) is 0 Å². The molecule has 1 aliphatic rings. The standard InChI is InChI=1S/C24H28N4O2/c29-23(30)9-5-4-8-22-26-27-24(28(22)21-6-2-1-3-7-21)20-12-10-18(11-13-20)19-14-16-25-17-15-19/h1-3,6-7,10-13,19,25H,4-5,8-9,14-17H2,(H,29,30). The molecule has 0 aliphatic carbocycles. The maximum Gasteiger partial charge on any atom is 0.303 e. The van der Waals surface area contributed by atoms with Crippen LogP contribution in [0.5, 0.6) is 0 Å². The van der Waals surface area contributed by atoms with Crippen molar-refractivity contribution in [1.29, 1.82) is 0 Å². The van der Waals surface area contributed by atoms with Gasteiger partial charge in [0.2, 0.25) is 0 Å². The van der Waals surface area contributed by atoms with Crippen molar-refractivity contribution in [3.8, 4) is 17.1 Å². The number of unbranched alkanes of at least 4 members (excludes halogenated alkanes) is 1. The van der Waals surface area contributed by atoms with Gasteiger partial charge in [-0.3, -0.25) is 9.36 Å². The summed E-state index contributed by atoms with van der Waals surface area (Å²) < 4.78 is 2.10. The molecular formula is C24H28N4O2. The van der Waals surface area contributed by atoms with Gasteiger partial charge in [0.05, 0.1) is 0 Å². The molecule has 1 aliphatic heterocycles. The van der Waals surface area contributed by atoms with E-state index in [0.717, 1.165) is 42.4 Å². The Kier molecular flexibility index (Phi) is 6.54. The largest absolute Gasteiger partial charge is 0.481 e. The Morgan fingerprint density at radius 3 is 2.43 bits per heavy atom. The first-order chi connectivity index (χ1) is 14.7. The van der Waals surface area contributed by atoms with Crippen molar-refractivity contribution in [2.75, 3.05) is 13.1 Å². The first-order valence-electron chi connectivity index (χ1n) is 10.7. The molecule has 2 heterocycles. The minimum absolute atomic E-state index is 0.185. The topological polar surface area (TPSA) is 80.0 Å². The van der Waals surface area contributed by atoms with Crippen molar-refractivity contribution in [2.45, 2.75) is 44.4 Å². The van der Waals surface area contributed by atoms with E-state index in [0.29, 0.717) is 18.8 Å². The summed E-state index contributed by atoms with van der Waals surface area (Å²) in [6.45, 7) is 2.17. The number of rotatable bonds is 8. The van der Waals surface area contributed by atoms with Crippen LogP contribution in [0.25, 0.3) is 17.1 Å². The lowest BCUT2D eigenvalue weighted by molar-refractivity contribution is -0.137. The van der Waals surface area contributed by atoms with E-state index in [2.05, 4.69) is 56.5 Å². The number of carbonyl (C=O) groups is 1. The Balaban J connectivity index is 1.60. The number of hydrogen-bond donors (Lipinski definition) is 2. The predicted molar refractivity (Wildman–Crippen MR) is 117 cm³/mol. The molecule has 0 unspecified atom stereocenters. The number of carboxylic acid groups (broad SMARTS) is 1. The van der Waals surface area contributed by atoms with E-state index in [1.54, 1.807) is 0 Å². The van der Waals surface area contributed by atoms with Gasteiger partial charge in [-0.15, -0.1) is 10.2 Å². The van der Waals surface area contributed by atoms with E-state index < -0.39 is 5.97 Å². The molecule has 2 aromatic carbocycles. The molecule has 1 saturated heterocycles. The fraction of sp³-hybridized carbons (Fsp3) is 0.375. The minimum atomic E-state index is -0.756. The lowest BCUT2D eigenvalue weighted by Crippen LogP contribution is -2.26. The zero-order chi connectivity index (χ0) is 20.8. The Morgan fingerprint density at radius 1 is 1.00 bits per heavy atom. The van der Waals surface area contributed by atoms with Gasteiger partial charge in [-0.1, -0.05) is 42.5 Å². The molecular weight excluding hydrogens is 376 g/mol. The van der Waals surface area contributed by atoms with E-state index in [4.69, 9.17) is 5.11 Å². The highest BCUT2D eigenvalue weighted by Crippen LogP contribution is 2.29. The smallest absolute Gasteiger partial charge is 0.303 e. The quantitative estimate of drug-likeness (QED) is 0.550. The molecule has 0 bridgehead atoms. The van der Waals surface area contributed by atoms with Crippen molar-refractivity contribution in [2.24, 2.45) is 0 Å². The number of carboxylic acids is 1. The maximum absolute atomic E-state index is 10.8. The molecule has 3 aromatic rings. The summed E-state index contributed by atoms with van der Waals surface area (Å²) in [7, 11) is 0. The van der Waals surface area contributed by atoms with Gasteiger partial charge in [-0.05, 0) is 62.4 Å². The molecule has 2 N–H and O–H groups in total. The van der Waals surface area contributed by atoms with Crippen LogP contribution in [0.1, 0.15) is 49.4 Å². The Morgan fingerprint density at radius 2 is 1.73 bits per heavy atom. The van der Waals surface area contributed by atoms with Crippen LogP contribution < -0.4 is 5.32 Å². The summed E-state index contributed by atoms with van der Waals surface area (Å²) in [6, 6.07) is 18.9. The average Bonchev–Trinajstić information content (AvgIpc) is 3.22. The highest BCUT2D eigenvalue weighted by Gasteiger charge is 2.18. The summed E-state index contributed by atoms with van der Waals surface area (Å²) in [5.74, 6) is 1.56. The Labute approximate surface area is 177 Å². The van der Waals surface area contributed by atoms with Gasteiger partial charge in [0, 0.05) is 24.1 Å². The SMILES string of the molecule is O=C(O)CCCCc1nnc(-c2ccc(C3CCNCC3)cc2)n1-c1ccccc1. The second-order valence-corrected chi connectivity index (χ2v) is 7.86. The highest BCUT2D eigenvalue weighted by molar-refractivity contribution is 5.66. The van der Waals surface area contributed by atoms with Crippen molar-refractivity contribution >= 4 is 5.97 Å². The van der Waals surface area contributed by atoms with Gasteiger partial charge in [-0.2, -0.15) is 0 Å². The second kappa shape index (κ2) is 9.67. The third-order valence-electron chi connectivity index (χ3n) is 5.76. The lowest BCUT2D eigenvalue weighted by Gasteiger charge is -2.23. The number of benzene rings is 2. The van der Waals surface area contributed by atoms with E-state index in [9.17, 15) is 4.79 Å². The first-order valence-corrected chi connectivity index (χ1v) is 10.7. The zero-order valence-corrected chi connectivity index (χ0v) is 17.1. The van der Waals surface area contributed by atoms with E-state index >= 15 is 0 Å². The number of aryl methyl sites for hydroxylation is 1. The minimum Gasteiger partial charge on any atom is -0.481 e. The van der Waals surface area contributed by atoms with E-state index in [-0.39, 0.29) is 6.42 Å². The van der Waals surface area contributed by atoms with Crippen LogP contribution >= 0.6 is 0 Å². The monoisotopic (exact) mass is 404 g/mol. The molecule has 0 spiro atoms. The third kappa shape index (κ3) is 4.76. The molecule has 30 heavy (non-hydrogen) atoms. The first kappa shape index (κ1) is 20.3. The fourth-order valence-corrected chi connectivity index (χ4v) is 4.13. The van der Waals surface area contributed by atoms with Gasteiger partial charge in [0.15, 0.2) is 5.82 Å². The maximum atomic E-state index is 10.8. The molecule has 0 atom stereocenters. The van der Waals surface area contributed by atoms with Crippen molar-refractivity contribution in [3.63, 3.8) is 0 Å². The zero-order valence-electron chi connectivity index (χ0n) is 17.1. The normalized spacial score (nSPS) is 14.7. The molecule has 0 amide bonds. The molecule has 0 saturated carbocycles.